The maximum atomic E-state index is 5.86. The van der Waals surface area contributed by atoms with Gasteiger partial charge < -0.3 is 10.5 Å². The van der Waals surface area contributed by atoms with Gasteiger partial charge in [-0.25, -0.2) is 9.97 Å². The molecule has 1 aliphatic rings. The zero-order chi connectivity index (χ0) is 12.5. The number of rotatable bonds is 2. The van der Waals surface area contributed by atoms with Crippen LogP contribution in [0.15, 0.2) is 6.20 Å². The minimum absolute atomic E-state index is 0.0240. The fourth-order valence-electron chi connectivity index (χ4n) is 2.29. The van der Waals surface area contributed by atoms with Gasteiger partial charge in [-0.2, -0.15) is 0 Å². The number of ether oxygens (including phenoxy) is 1. The van der Waals surface area contributed by atoms with E-state index in [1.54, 1.807) is 0 Å². The summed E-state index contributed by atoms with van der Waals surface area (Å²) in [5.74, 6) is 0.791. The fraction of sp³-hybridized carbons (Fsp3) is 0.692. The van der Waals surface area contributed by atoms with E-state index < -0.39 is 0 Å². The lowest BCUT2D eigenvalue weighted by Gasteiger charge is -2.32. The second-order valence-electron chi connectivity index (χ2n) is 5.06. The van der Waals surface area contributed by atoms with Crippen molar-refractivity contribution >= 4 is 0 Å². The van der Waals surface area contributed by atoms with Gasteiger partial charge in [0.15, 0.2) is 5.82 Å². The van der Waals surface area contributed by atoms with Gasteiger partial charge in [0.25, 0.3) is 0 Å². The molecule has 4 nitrogen and oxygen atoms in total. The van der Waals surface area contributed by atoms with E-state index in [1.807, 2.05) is 20.0 Å². The van der Waals surface area contributed by atoms with Crippen LogP contribution >= 0.6 is 0 Å². The van der Waals surface area contributed by atoms with E-state index in [0.29, 0.717) is 0 Å². The first-order valence-electron chi connectivity index (χ1n) is 6.26. The third-order valence-electron chi connectivity index (χ3n) is 3.45. The van der Waals surface area contributed by atoms with Crippen LogP contribution in [0.4, 0.5) is 0 Å². The lowest BCUT2D eigenvalue weighted by molar-refractivity contribution is -0.0761. The Morgan fingerprint density at radius 2 is 2.24 bits per heavy atom. The molecular weight excluding hydrogens is 214 g/mol. The van der Waals surface area contributed by atoms with Crippen molar-refractivity contribution in [2.24, 2.45) is 5.73 Å². The molecule has 1 fully saturated rings. The van der Waals surface area contributed by atoms with Crippen molar-refractivity contribution in [3.05, 3.63) is 23.3 Å². The molecule has 1 unspecified atom stereocenters. The van der Waals surface area contributed by atoms with E-state index in [0.717, 1.165) is 36.5 Å². The first-order valence-corrected chi connectivity index (χ1v) is 6.26. The lowest BCUT2D eigenvalue weighted by atomic mass is 9.94. The predicted octanol–water partition coefficient (Wildman–Crippen LogP) is 2.22. The van der Waals surface area contributed by atoms with Crippen molar-refractivity contribution in [3.63, 3.8) is 0 Å². The Labute approximate surface area is 103 Å². The molecular formula is C13H21N3O. The monoisotopic (exact) mass is 235 g/mol. The zero-order valence-electron chi connectivity index (χ0n) is 10.9. The summed E-state index contributed by atoms with van der Waals surface area (Å²) >= 11 is 0. The van der Waals surface area contributed by atoms with Gasteiger partial charge in [0.1, 0.15) is 5.60 Å². The highest BCUT2D eigenvalue weighted by Gasteiger charge is 2.33. The second kappa shape index (κ2) is 4.70. The first-order chi connectivity index (χ1) is 8.03. The van der Waals surface area contributed by atoms with Crippen LogP contribution in [-0.2, 0) is 10.3 Å². The Bertz CT molecular complexity index is 398. The van der Waals surface area contributed by atoms with Crippen LogP contribution in [0.1, 0.15) is 56.2 Å². The highest BCUT2D eigenvalue weighted by Crippen LogP contribution is 2.32. The molecule has 4 heteroatoms. The number of aromatic nitrogens is 2. The molecule has 1 aliphatic heterocycles. The van der Waals surface area contributed by atoms with Crippen molar-refractivity contribution in [2.75, 3.05) is 6.61 Å². The molecule has 0 radical (unpaired) electrons. The highest BCUT2D eigenvalue weighted by atomic mass is 16.5. The molecule has 0 aliphatic carbocycles. The molecule has 2 rings (SSSR count). The summed E-state index contributed by atoms with van der Waals surface area (Å²) in [6, 6.07) is -0.0240. The van der Waals surface area contributed by atoms with Gasteiger partial charge in [-0.1, -0.05) is 0 Å². The topological polar surface area (TPSA) is 61.0 Å². The normalized spacial score (nSPS) is 26.8. The Kier molecular flexibility index (Phi) is 3.45. The van der Waals surface area contributed by atoms with Gasteiger partial charge in [-0.15, -0.1) is 0 Å². The van der Waals surface area contributed by atoms with Crippen LogP contribution in [0, 0.1) is 6.92 Å². The average molecular weight is 235 g/mol. The lowest BCUT2D eigenvalue weighted by Crippen LogP contribution is -2.32. The van der Waals surface area contributed by atoms with Crippen molar-refractivity contribution in [1.82, 2.24) is 9.97 Å². The molecule has 17 heavy (non-hydrogen) atoms. The summed E-state index contributed by atoms with van der Waals surface area (Å²) in [7, 11) is 0. The van der Waals surface area contributed by atoms with Crippen LogP contribution in [-0.4, -0.2) is 16.6 Å². The smallest absolute Gasteiger partial charge is 0.160 e. The second-order valence-corrected chi connectivity index (χ2v) is 5.06. The SMILES string of the molecule is Cc1nc(C2(C)CCCCO2)ncc1[C@H](C)N. The third-order valence-corrected chi connectivity index (χ3v) is 3.45. The summed E-state index contributed by atoms with van der Waals surface area (Å²) in [6.07, 6.45) is 5.13. The van der Waals surface area contributed by atoms with E-state index >= 15 is 0 Å². The molecule has 94 valence electrons. The number of nitrogens with two attached hydrogens (primary N) is 1. The molecule has 1 aromatic rings. The maximum Gasteiger partial charge on any atom is 0.160 e. The van der Waals surface area contributed by atoms with Gasteiger partial charge in [0, 0.05) is 30.1 Å². The summed E-state index contributed by atoms with van der Waals surface area (Å²) in [5.41, 5.74) is 7.51. The molecule has 2 atom stereocenters. The molecule has 1 saturated heterocycles. The fourth-order valence-corrected chi connectivity index (χ4v) is 2.29. The van der Waals surface area contributed by atoms with E-state index in [4.69, 9.17) is 10.5 Å². The number of hydrogen-bond donors (Lipinski definition) is 1. The minimum atomic E-state index is -0.320. The van der Waals surface area contributed by atoms with E-state index in [9.17, 15) is 0 Å². The molecule has 0 aromatic carbocycles. The predicted molar refractivity (Wildman–Crippen MR) is 66.5 cm³/mol. The standard InChI is InChI=1S/C13H21N3O/c1-9(14)11-8-15-12(16-10(11)2)13(3)6-4-5-7-17-13/h8-9H,4-7,14H2,1-3H3/t9-,13?/m0/s1. The van der Waals surface area contributed by atoms with Crippen LogP contribution < -0.4 is 5.73 Å². The van der Waals surface area contributed by atoms with Crippen LogP contribution in [0.25, 0.3) is 0 Å². The van der Waals surface area contributed by atoms with Crippen molar-refractivity contribution < 1.29 is 4.74 Å². The zero-order valence-corrected chi connectivity index (χ0v) is 10.9. The van der Waals surface area contributed by atoms with Crippen LogP contribution in [0.2, 0.25) is 0 Å². The summed E-state index contributed by atoms with van der Waals surface area (Å²) in [4.78, 5) is 9.01. The third kappa shape index (κ3) is 2.48. The van der Waals surface area contributed by atoms with Crippen LogP contribution in [0.3, 0.4) is 0 Å². The van der Waals surface area contributed by atoms with E-state index in [1.165, 1.54) is 6.42 Å². The van der Waals surface area contributed by atoms with Gasteiger partial charge in [0.2, 0.25) is 0 Å². The maximum absolute atomic E-state index is 5.86. The molecule has 0 bridgehead atoms. The largest absolute Gasteiger partial charge is 0.367 e. The van der Waals surface area contributed by atoms with Crippen molar-refractivity contribution in [1.29, 1.82) is 0 Å². The van der Waals surface area contributed by atoms with Gasteiger partial charge in [0.05, 0.1) is 0 Å². The van der Waals surface area contributed by atoms with Gasteiger partial charge in [-0.05, 0) is 40.0 Å². The minimum Gasteiger partial charge on any atom is -0.367 e. The Balaban J connectivity index is 2.30. The molecule has 2 heterocycles. The Morgan fingerprint density at radius 3 is 2.76 bits per heavy atom. The molecule has 0 spiro atoms. The summed E-state index contributed by atoms with van der Waals surface area (Å²) in [6.45, 7) is 6.81. The van der Waals surface area contributed by atoms with E-state index in [-0.39, 0.29) is 11.6 Å². The first kappa shape index (κ1) is 12.5. The summed E-state index contributed by atoms with van der Waals surface area (Å²) < 4.78 is 5.85. The number of aryl methyl sites for hydroxylation is 1. The highest BCUT2D eigenvalue weighted by molar-refractivity contribution is 5.21. The number of nitrogens with zero attached hydrogens (tertiary/aromatic N) is 2. The van der Waals surface area contributed by atoms with Gasteiger partial charge in [-0.3, -0.25) is 0 Å². The van der Waals surface area contributed by atoms with Crippen molar-refractivity contribution in [2.45, 2.75) is 51.7 Å². The Hall–Kier alpha value is -1.00. The average Bonchev–Trinajstić information content (AvgIpc) is 2.29. The Morgan fingerprint density at radius 1 is 1.47 bits per heavy atom. The molecule has 1 aromatic heterocycles. The van der Waals surface area contributed by atoms with E-state index in [2.05, 4.69) is 16.9 Å². The quantitative estimate of drug-likeness (QED) is 0.853. The number of hydrogen-bond acceptors (Lipinski definition) is 4. The summed E-state index contributed by atoms with van der Waals surface area (Å²) in [5, 5.41) is 0. The molecule has 0 amide bonds. The van der Waals surface area contributed by atoms with Crippen molar-refractivity contribution in [3.8, 4) is 0 Å². The van der Waals surface area contributed by atoms with Crippen LogP contribution in [0.5, 0.6) is 0 Å². The van der Waals surface area contributed by atoms with Gasteiger partial charge >= 0.3 is 0 Å². The molecule has 2 N–H and O–H groups in total. The molecule has 0 saturated carbocycles.